The predicted molar refractivity (Wildman–Crippen MR) is 107 cm³/mol. The minimum atomic E-state index is 0.0653. The summed E-state index contributed by atoms with van der Waals surface area (Å²) in [4.78, 5) is 15.3. The molecule has 1 aromatic rings. The number of piperidine rings is 1. The van der Waals surface area contributed by atoms with E-state index in [2.05, 4.69) is 17.1 Å². The minimum Gasteiger partial charge on any atom is -0.349 e. The molecule has 1 aliphatic heterocycles. The molecular weight excluding hydrogens is 322 g/mol. The standard InChI is InChI=1S/C22H35N3O/c1-2-17-6-5-13-25(15-17)16-20-7-3-4-8-21(20)24-22(26)19-11-9-18(14-23)10-12-19/h9-12,17,20-21H,2-8,13-16,23H2,1H3,(H,24,26)/t17-,20-,21+/m1/s1. The molecule has 3 rings (SSSR count). The molecular formula is C22H35N3O. The van der Waals surface area contributed by atoms with E-state index in [0.717, 1.165) is 30.0 Å². The molecule has 4 nitrogen and oxygen atoms in total. The van der Waals surface area contributed by atoms with E-state index in [9.17, 15) is 4.79 Å². The number of carbonyl (C=O) groups excluding carboxylic acids is 1. The molecule has 0 radical (unpaired) electrons. The summed E-state index contributed by atoms with van der Waals surface area (Å²) in [7, 11) is 0. The van der Waals surface area contributed by atoms with Crippen LogP contribution in [0, 0.1) is 11.8 Å². The highest BCUT2D eigenvalue weighted by Crippen LogP contribution is 2.28. The smallest absolute Gasteiger partial charge is 0.251 e. The third-order valence-corrected chi connectivity index (χ3v) is 6.35. The highest BCUT2D eigenvalue weighted by molar-refractivity contribution is 5.94. The van der Waals surface area contributed by atoms with Crippen LogP contribution in [-0.4, -0.2) is 36.5 Å². The molecule has 144 valence electrons. The maximum Gasteiger partial charge on any atom is 0.251 e. The van der Waals surface area contributed by atoms with Crippen molar-refractivity contribution in [1.82, 2.24) is 10.2 Å². The first-order chi connectivity index (χ1) is 12.7. The molecule has 2 fully saturated rings. The molecule has 26 heavy (non-hydrogen) atoms. The zero-order valence-corrected chi connectivity index (χ0v) is 16.3. The van der Waals surface area contributed by atoms with Crippen molar-refractivity contribution in [2.75, 3.05) is 19.6 Å². The van der Waals surface area contributed by atoms with Crippen LogP contribution in [0.25, 0.3) is 0 Å². The predicted octanol–water partition coefficient (Wildman–Crippen LogP) is 3.56. The third kappa shape index (κ3) is 5.08. The summed E-state index contributed by atoms with van der Waals surface area (Å²) < 4.78 is 0. The summed E-state index contributed by atoms with van der Waals surface area (Å²) in [5.74, 6) is 1.52. The number of rotatable bonds is 6. The lowest BCUT2D eigenvalue weighted by Crippen LogP contribution is -2.48. The molecule has 0 spiro atoms. The van der Waals surface area contributed by atoms with Crippen LogP contribution in [0.2, 0.25) is 0 Å². The Morgan fingerprint density at radius 3 is 2.65 bits per heavy atom. The lowest BCUT2D eigenvalue weighted by molar-refractivity contribution is 0.0856. The molecule has 0 aromatic heterocycles. The normalized spacial score (nSPS) is 27.2. The van der Waals surface area contributed by atoms with Crippen LogP contribution in [0.15, 0.2) is 24.3 Å². The SMILES string of the molecule is CC[C@@H]1CCCN(C[C@H]2CCCC[C@@H]2NC(=O)c2ccc(CN)cc2)C1. The molecule has 1 amide bonds. The minimum absolute atomic E-state index is 0.0653. The summed E-state index contributed by atoms with van der Waals surface area (Å²) in [6.45, 7) is 6.45. The Morgan fingerprint density at radius 2 is 1.92 bits per heavy atom. The molecule has 1 aromatic carbocycles. The Bertz CT molecular complexity index is 571. The van der Waals surface area contributed by atoms with E-state index in [1.54, 1.807) is 0 Å². The zero-order valence-electron chi connectivity index (χ0n) is 16.3. The highest BCUT2D eigenvalue weighted by atomic mass is 16.1. The third-order valence-electron chi connectivity index (χ3n) is 6.35. The van der Waals surface area contributed by atoms with Gasteiger partial charge in [0, 0.05) is 31.2 Å². The van der Waals surface area contributed by atoms with Gasteiger partial charge >= 0.3 is 0 Å². The van der Waals surface area contributed by atoms with Gasteiger partial charge in [-0.2, -0.15) is 0 Å². The van der Waals surface area contributed by atoms with Gasteiger partial charge in [0.2, 0.25) is 0 Å². The Morgan fingerprint density at radius 1 is 1.15 bits per heavy atom. The summed E-state index contributed by atoms with van der Waals surface area (Å²) in [5, 5.41) is 3.34. The number of carbonyl (C=O) groups is 1. The fourth-order valence-electron chi connectivity index (χ4n) is 4.64. The van der Waals surface area contributed by atoms with E-state index in [4.69, 9.17) is 5.73 Å². The van der Waals surface area contributed by atoms with Crippen molar-refractivity contribution in [1.29, 1.82) is 0 Å². The van der Waals surface area contributed by atoms with Crippen LogP contribution in [-0.2, 0) is 6.54 Å². The number of amides is 1. The largest absolute Gasteiger partial charge is 0.349 e. The van der Waals surface area contributed by atoms with Gasteiger partial charge in [0.1, 0.15) is 0 Å². The van der Waals surface area contributed by atoms with Crippen LogP contribution >= 0.6 is 0 Å². The van der Waals surface area contributed by atoms with Gasteiger partial charge in [0.05, 0.1) is 0 Å². The second-order valence-electron chi connectivity index (χ2n) is 8.20. The van der Waals surface area contributed by atoms with Crippen molar-refractivity contribution < 1.29 is 4.79 Å². The van der Waals surface area contributed by atoms with E-state index in [1.165, 1.54) is 51.6 Å². The Balaban J connectivity index is 1.58. The van der Waals surface area contributed by atoms with Crippen molar-refractivity contribution in [2.45, 2.75) is 64.5 Å². The highest BCUT2D eigenvalue weighted by Gasteiger charge is 2.30. The molecule has 1 saturated heterocycles. The van der Waals surface area contributed by atoms with Crippen molar-refractivity contribution in [3.8, 4) is 0 Å². The Hall–Kier alpha value is -1.39. The number of benzene rings is 1. The molecule has 0 bridgehead atoms. The van der Waals surface area contributed by atoms with Crippen molar-refractivity contribution in [2.24, 2.45) is 17.6 Å². The van der Waals surface area contributed by atoms with Crippen LogP contribution in [0.4, 0.5) is 0 Å². The van der Waals surface area contributed by atoms with Crippen molar-refractivity contribution >= 4 is 5.91 Å². The number of hydrogen-bond acceptors (Lipinski definition) is 3. The van der Waals surface area contributed by atoms with E-state index in [-0.39, 0.29) is 5.91 Å². The van der Waals surface area contributed by atoms with E-state index >= 15 is 0 Å². The lowest BCUT2D eigenvalue weighted by atomic mass is 9.83. The van der Waals surface area contributed by atoms with Gasteiger partial charge in [-0.1, -0.05) is 38.3 Å². The van der Waals surface area contributed by atoms with E-state index in [0.29, 0.717) is 18.5 Å². The summed E-state index contributed by atoms with van der Waals surface area (Å²) in [6, 6.07) is 8.00. The van der Waals surface area contributed by atoms with Gasteiger partial charge in [-0.25, -0.2) is 0 Å². The van der Waals surface area contributed by atoms with E-state index < -0.39 is 0 Å². The maximum absolute atomic E-state index is 12.7. The van der Waals surface area contributed by atoms with E-state index in [1.807, 2.05) is 24.3 Å². The Labute approximate surface area is 158 Å². The Kier molecular flexibility index (Phi) is 7.09. The molecule has 4 heteroatoms. The number of nitrogens with one attached hydrogen (secondary N) is 1. The van der Waals surface area contributed by atoms with Crippen LogP contribution in [0.5, 0.6) is 0 Å². The maximum atomic E-state index is 12.7. The summed E-state index contributed by atoms with van der Waals surface area (Å²) in [6.07, 6.45) is 8.89. The number of likely N-dealkylation sites (tertiary alicyclic amines) is 1. The fraction of sp³-hybridized carbons (Fsp3) is 0.682. The first kappa shape index (κ1) is 19.4. The number of nitrogens with two attached hydrogens (primary N) is 1. The number of hydrogen-bond donors (Lipinski definition) is 2. The molecule has 0 unspecified atom stereocenters. The average Bonchev–Trinajstić information content (AvgIpc) is 2.69. The van der Waals surface area contributed by atoms with Gasteiger partial charge < -0.3 is 16.0 Å². The van der Waals surface area contributed by atoms with Gasteiger partial charge in [0.15, 0.2) is 0 Å². The van der Waals surface area contributed by atoms with Crippen molar-refractivity contribution in [3.63, 3.8) is 0 Å². The summed E-state index contributed by atoms with van der Waals surface area (Å²) >= 11 is 0. The first-order valence-corrected chi connectivity index (χ1v) is 10.5. The average molecular weight is 358 g/mol. The second kappa shape index (κ2) is 9.52. The number of nitrogens with zero attached hydrogens (tertiary/aromatic N) is 1. The first-order valence-electron chi connectivity index (χ1n) is 10.5. The molecule has 3 N–H and O–H groups in total. The molecule has 2 aliphatic rings. The topological polar surface area (TPSA) is 58.4 Å². The monoisotopic (exact) mass is 357 g/mol. The summed E-state index contributed by atoms with van der Waals surface area (Å²) in [5.41, 5.74) is 7.46. The van der Waals surface area contributed by atoms with Crippen LogP contribution in [0.3, 0.4) is 0 Å². The van der Waals surface area contributed by atoms with Gasteiger partial charge in [-0.15, -0.1) is 0 Å². The van der Waals surface area contributed by atoms with Gasteiger partial charge in [-0.3, -0.25) is 4.79 Å². The molecule has 1 aliphatic carbocycles. The van der Waals surface area contributed by atoms with Crippen LogP contribution < -0.4 is 11.1 Å². The second-order valence-corrected chi connectivity index (χ2v) is 8.20. The molecule has 1 saturated carbocycles. The van der Waals surface area contributed by atoms with Crippen molar-refractivity contribution in [3.05, 3.63) is 35.4 Å². The molecule has 1 heterocycles. The van der Waals surface area contributed by atoms with Gasteiger partial charge in [-0.05, 0) is 61.8 Å². The fourth-order valence-corrected chi connectivity index (χ4v) is 4.64. The lowest BCUT2D eigenvalue weighted by Gasteiger charge is -2.39. The van der Waals surface area contributed by atoms with Crippen LogP contribution in [0.1, 0.15) is 67.8 Å². The quantitative estimate of drug-likeness (QED) is 0.818. The molecule has 3 atom stereocenters. The van der Waals surface area contributed by atoms with Gasteiger partial charge in [0.25, 0.3) is 5.91 Å². The zero-order chi connectivity index (χ0) is 18.4.